The molecular formula is C24H25NO4S. The van der Waals surface area contributed by atoms with E-state index < -0.39 is 5.97 Å². The van der Waals surface area contributed by atoms with Crippen LogP contribution < -0.4 is 10.1 Å². The highest BCUT2D eigenvalue weighted by Crippen LogP contribution is 2.36. The van der Waals surface area contributed by atoms with Gasteiger partial charge in [-0.2, -0.15) is 0 Å². The molecule has 0 aliphatic rings. The van der Waals surface area contributed by atoms with Crippen LogP contribution in [0.3, 0.4) is 0 Å². The zero-order chi connectivity index (χ0) is 21.5. The zero-order valence-corrected chi connectivity index (χ0v) is 18.1. The second-order valence-electron chi connectivity index (χ2n) is 7.00. The van der Waals surface area contributed by atoms with Crippen molar-refractivity contribution in [1.82, 2.24) is 0 Å². The lowest BCUT2D eigenvalue weighted by atomic mass is 10.0. The molecule has 0 aliphatic carbocycles. The van der Waals surface area contributed by atoms with E-state index in [0.717, 1.165) is 11.1 Å². The van der Waals surface area contributed by atoms with Crippen molar-refractivity contribution in [1.29, 1.82) is 0 Å². The van der Waals surface area contributed by atoms with Crippen LogP contribution in [0, 0.1) is 0 Å². The predicted octanol–water partition coefficient (Wildman–Crippen LogP) is 5.73. The van der Waals surface area contributed by atoms with Gasteiger partial charge in [0.1, 0.15) is 16.3 Å². The summed E-state index contributed by atoms with van der Waals surface area (Å²) in [7, 11) is 0. The number of carbonyl (C=O) groups is 2. The Bertz CT molecular complexity index is 994. The molecule has 1 amide bonds. The molecule has 1 N–H and O–H groups in total. The van der Waals surface area contributed by atoms with Crippen molar-refractivity contribution in [2.45, 2.75) is 26.7 Å². The minimum atomic E-state index is -0.460. The Kier molecular flexibility index (Phi) is 7.25. The Morgan fingerprint density at radius 2 is 1.73 bits per heavy atom. The van der Waals surface area contributed by atoms with Crippen LogP contribution in [0.4, 0.5) is 5.00 Å². The highest BCUT2D eigenvalue weighted by atomic mass is 32.1. The fourth-order valence-corrected chi connectivity index (χ4v) is 3.92. The van der Waals surface area contributed by atoms with Crippen LogP contribution in [0.2, 0.25) is 0 Å². The monoisotopic (exact) mass is 423 g/mol. The summed E-state index contributed by atoms with van der Waals surface area (Å²) in [6.45, 7) is 6.10. The molecule has 6 heteroatoms. The number of amides is 1. The third-order valence-electron chi connectivity index (χ3n) is 4.53. The van der Waals surface area contributed by atoms with Crippen LogP contribution in [0.15, 0.2) is 60.0 Å². The van der Waals surface area contributed by atoms with Gasteiger partial charge in [-0.25, -0.2) is 4.79 Å². The first-order valence-corrected chi connectivity index (χ1v) is 10.7. The second kappa shape index (κ2) is 10.1. The maximum atomic E-state index is 12.6. The van der Waals surface area contributed by atoms with Gasteiger partial charge < -0.3 is 14.8 Å². The first-order chi connectivity index (χ1) is 14.5. The smallest absolute Gasteiger partial charge is 0.341 e. The highest BCUT2D eigenvalue weighted by molar-refractivity contribution is 7.15. The van der Waals surface area contributed by atoms with E-state index in [1.54, 1.807) is 6.92 Å². The number of rotatable bonds is 8. The molecule has 0 saturated heterocycles. The van der Waals surface area contributed by atoms with E-state index in [4.69, 9.17) is 9.47 Å². The number of nitrogens with one attached hydrogen (secondary N) is 1. The van der Waals surface area contributed by atoms with Gasteiger partial charge in [-0.05, 0) is 36.1 Å². The number of thiophene rings is 1. The maximum Gasteiger partial charge on any atom is 0.341 e. The lowest BCUT2D eigenvalue weighted by molar-refractivity contribution is -0.118. The van der Waals surface area contributed by atoms with E-state index in [1.807, 2.05) is 60.0 Å². The predicted molar refractivity (Wildman–Crippen MR) is 120 cm³/mol. The summed E-state index contributed by atoms with van der Waals surface area (Å²) >= 11 is 1.29. The van der Waals surface area contributed by atoms with Crippen LogP contribution in [-0.2, 0) is 9.53 Å². The van der Waals surface area contributed by atoms with Crippen molar-refractivity contribution >= 4 is 28.2 Å². The number of hydrogen-bond donors (Lipinski definition) is 1. The second-order valence-corrected chi connectivity index (χ2v) is 7.88. The number of hydrogen-bond acceptors (Lipinski definition) is 5. The van der Waals surface area contributed by atoms with Gasteiger partial charge in [0.15, 0.2) is 6.61 Å². The Labute approximate surface area is 180 Å². The van der Waals surface area contributed by atoms with E-state index in [0.29, 0.717) is 22.2 Å². The maximum absolute atomic E-state index is 12.6. The normalized spacial score (nSPS) is 10.7. The molecule has 3 aromatic rings. The van der Waals surface area contributed by atoms with Gasteiger partial charge in [0, 0.05) is 10.9 Å². The van der Waals surface area contributed by atoms with Gasteiger partial charge in [-0.1, -0.05) is 56.3 Å². The molecule has 0 aliphatic heterocycles. The largest absolute Gasteiger partial charge is 0.484 e. The van der Waals surface area contributed by atoms with Crippen LogP contribution in [0.5, 0.6) is 5.75 Å². The molecule has 0 unspecified atom stereocenters. The molecule has 0 saturated carbocycles. The third-order valence-corrected chi connectivity index (χ3v) is 5.42. The Morgan fingerprint density at radius 3 is 2.37 bits per heavy atom. The van der Waals surface area contributed by atoms with Crippen molar-refractivity contribution in [3.05, 3.63) is 71.1 Å². The minimum absolute atomic E-state index is 0.151. The molecule has 0 radical (unpaired) electrons. The molecule has 156 valence electrons. The molecule has 0 spiro atoms. The fourth-order valence-electron chi connectivity index (χ4n) is 2.95. The minimum Gasteiger partial charge on any atom is -0.484 e. The summed E-state index contributed by atoms with van der Waals surface area (Å²) in [5, 5.41) is 5.10. The van der Waals surface area contributed by atoms with Crippen LogP contribution in [-0.4, -0.2) is 25.1 Å². The van der Waals surface area contributed by atoms with Gasteiger partial charge in [0.25, 0.3) is 5.91 Å². The molecular weight excluding hydrogens is 398 g/mol. The highest BCUT2D eigenvalue weighted by Gasteiger charge is 2.22. The van der Waals surface area contributed by atoms with Crippen molar-refractivity contribution in [3.63, 3.8) is 0 Å². The molecule has 1 aromatic heterocycles. The van der Waals surface area contributed by atoms with Gasteiger partial charge in [-0.3, -0.25) is 4.79 Å². The first kappa shape index (κ1) is 21.6. The summed E-state index contributed by atoms with van der Waals surface area (Å²) < 4.78 is 10.8. The summed E-state index contributed by atoms with van der Waals surface area (Å²) in [4.78, 5) is 25.0. The quantitative estimate of drug-likeness (QED) is 0.470. The Hall–Kier alpha value is -3.12. The number of carbonyl (C=O) groups excluding carboxylic acids is 2. The van der Waals surface area contributed by atoms with Gasteiger partial charge in [0.2, 0.25) is 0 Å². The molecule has 3 rings (SSSR count). The van der Waals surface area contributed by atoms with Crippen LogP contribution in [0.25, 0.3) is 11.1 Å². The van der Waals surface area contributed by atoms with Crippen molar-refractivity contribution < 1.29 is 19.1 Å². The van der Waals surface area contributed by atoms with Crippen molar-refractivity contribution in [2.75, 3.05) is 18.5 Å². The van der Waals surface area contributed by atoms with Crippen LogP contribution in [0.1, 0.15) is 42.6 Å². The van der Waals surface area contributed by atoms with Gasteiger partial charge in [-0.15, -0.1) is 11.3 Å². The zero-order valence-electron chi connectivity index (χ0n) is 17.3. The van der Waals surface area contributed by atoms with Gasteiger partial charge >= 0.3 is 5.97 Å². The molecule has 1 heterocycles. The van der Waals surface area contributed by atoms with E-state index in [9.17, 15) is 9.59 Å². The summed E-state index contributed by atoms with van der Waals surface area (Å²) in [5.74, 6) is 0.255. The lowest BCUT2D eigenvalue weighted by Crippen LogP contribution is -2.21. The van der Waals surface area contributed by atoms with E-state index in [2.05, 4.69) is 19.2 Å². The summed E-state index contributed by atoms with van der Waals surface area (Å²) in [5.41, 5.74) is 3.19. The SMILES string of the molecule is CCOC(=O)c1c(-c2ccccc2)csc1NC(=O)COc1ccc(C(C)C)cc1. The topological polar surface area (TPSA) is 64.6 Å². The number of benzene rings is 2. The molecule has 0 bridgehead atoms. The van der Waals surface area contributed by atoms with Crippen LogP contribution >= 0.6 is 11.3 Å². The number of esters is 1. The standard InChI is InChI=1S/C24H25NO4S/c1-4-28-24(27)22-20(18-8-6-5-7-9-18)15-30-23(22)25-21(26)14-29-19-12-10-17(11-13-19)16(2)3/h5-13,15-16H,4,14H2,1-3H3,(H,25,26). The average Bonchev–Trinajstić information content (AvgIpc) is 3.17. The van der Waals surface area contributed by atoms with Gasteiger partial charge in [0.05, 0.1) is 6.61 Å². The number of anilines is 1. The van der Waals surface area contributed by atoms with Crippen molar-refractivity contribution in [3.8, 4) is 16.9 Å². The van der Waals surface area contributed by atoms with Crippen molar-refractivity contribution in [2.24, 2.45) is 0 Å². The molecule has 0 fully saturated rings. The lowest BCUT2D eigenvalue weighted by Gasteiger charge is -2.10. The third kappa shape index (κ3) is 5.27. The Balaban J connectivity index is 1.73. The van der Waals surface area contributed by atoms with E-state index >= 15 is 0 Å². The average molecular weight is 424 g/mol. The summed E-state index contributed by atoms with van der Waals surface area (Å²) in [6.07, 6.45) is 0. The number of ether oxygens (including phenoxy) is 2. The molecule has 0 atom stereocenters. The Morgan fingerprint density at radius 1 is 1.03 bits per heavy atom. The fraction of sp³-hybridized carbons (Fsp3) is 0.250. The molecule has 30 heavy (non-hydrogen) atoms. The van der Waals surface area contributed by atoms with E-state index in [1.165, 1.54) is 16.9 Å². The molecule has 5 nitrogen and oxygen atoms in total. The summed E-state index contributed by atoms with van der Waals surface area (Å²) in [6, 6.07) is 17.2. The van der Waals surface area contributed by atoms with E-state index in [-0.39, 0.29) is 19.1 Å². The first-order valence-electron chi connectivity index (χ1n) is 9.86. The molecule has 2 aromatic carbocycles.